The van der Waals surface area contributed by atoms with Crippen LogP contribution >= 0.6 is 0 Å². The van der Waals surface area contributed by atoms with E-state index < -0.39 is 0 Å². The maximum Gasteiger partial charge on any atom is 0.164 e. The van der Waals surface area contributed by atoms with E-state index in [-0.39, 0.29) is 0 Å². The number of hydrogen-bond acceptors (Lipinski definition) is 4. The Labute approximate surface area is 394 Å². The van der Waals surface area contributed by atoms with Gasteiger partial charge < -0.3 is 0 Å². The lowest BCUT2D eigenvalue weighted by atomic mass is 9.88. The maximum absolute atomic E-state index is 10.7. The summed E-state index contributed by atoms with van der Waals surface area (Å²) in [7, 11) is 0. The van der Waals surface area contributed by atoms with Crippen LogP contribution in [0.1, 0.15) is 5.56 Å². The molecule has 0 aliphatic heterocycles. The molecular formula is C64H40N4. The first-order valence-electron chi connectivity index (χ1n) is 22.8. The van der Waals surface area contributed by atoms with Gasteiger partial charge in [0, 0.05) is 22.3 Å². The molecule has 0 fully saturated rings. The van der Waals surface area contributed by atoms with E-state index in [0.717, 1.165) is 66.8 Å². The molecule has 0 amide bonds. The fraction of sp³-hybridized carbons (Fsp3) is 0. The second kappa shape index (κ2) is 17.2. The van der Waals surface area contributed by atoms with Gasteiger partial charge in [0.05, 0.1) is 11.6 Å². The molecular weight excluding hydrogens is 825 g/mol. The highest BCUT2D eigenvalue weighted by Crippen LogP contribution is 2.41. The van der Waals surface area contributed by atoms with Crippen LogP contribution in [-0.2, 0) is 0 Å². The Balaban J connectivity index is 0.893. The fourth-order valence-corrected chi connectivity index (χ4v) is 9.70. The van der Waals surface area contributed by atoms with Gasteiger partial charge in [0.15, 0.2) is 17.5 Å². The van der Waals surface area contributed by atoms with Gasteiger partial charge in [-0.3, -0.25) is 0 Å². The van der Waals surface area contributed by atoms with Crippen molar-refractivity contribution in [3.8, 4) is 95.9 Å². The lowest BCUT2D eigenvalue weighted by Gasteiger charge is -2.15. The summed E-state index contributed by atoms with van der Waals surface area (Å²) in [6.45, 7) is 0. The Morgan fingerprint density at radius 3 is 1.49 bits per heavy atom. The molecule has 0 N–H and O–H groups in total. The Morgan fingerprint density at radius 1 is 0.250 bits per heavy atom. The second-order valence-corrected chi connectivity index (χ2v) is 17.0. The first-order chi connectivity index (χ1) is 33.7. The molecule has 11 aromatic carbocycles. The minimum absolute atomic E-state index is 0.579. The molecule has 0 spiro atoms. The van der Waals surface area contributed by atoms with E-state index in [0.29, 0.717) is 23.0 Å². The van der Waals surface area contributed by atoms with Crippen molar-refractivity contribution < 1.29 is 0 Å². The molecule has 0 unspecified atom stereocenters. The number of aromatic nitrogens is 3. The molecule has 4 heteroatoms. The first-order valence-corrected chi connectivity index (χ1v) is 22.8. The molecule has 0 radical (unpaired) electrons. The summed E-state index contributed by atoms with van der Waals surface area (Å²) in [5, 5.41) is 18.0. The molecule has 4 nitrogen and oxygen atoms in total. The van der Waals surface area contributed by atoms with E-state index in [1.807, 2.05) is 48.5 Å². The van der Waals surface area contributed by atoms with Crippen molar-refractivity contribution in [1.82, 2.24) is 15.0 Å². The summed E-state index contributed by atoms with van der Waals surface area (Å²) >= 11 is 0. The minimum atomic E-state index is 0.579. The third kappa shape index (κ3) is 7.35. The zero-order chi connectivity index (χ0) is 45.4. The summed E-state index contributed by atoms with van der Waals surface area (Å²) in [6.07, 6.45) is 0. The van der Waals surface area contributed by atoms with Crippen molar-refractivity contribution in [2.75, 3.05) is 0 Å². The standard InChI is InChI=1S/C64H40N4/c65-41-50-38-46(36-37-54(50)55-26-9-8-25-52(55)47-21-14-22-48(39-47)61-40-49-19-5-7-24-53(49)56-27-10-11-29-59(56)61)42-32-34-45(35-33-42)63-66-62(44-17-2-1-3-18-44)67-64(68-63)60-30-13-12-28-58(60)57-31-15-20-43-16-4-6-23-51(43)57/h1-40H. The second-order valence-electron chi connectivity index (χ2n) is 17.0. The van der Waals surface area contributed by atoms with Crippen molar-refractivity contribution in [2.45, 2.75) is 0 Å². The van der Waals surface area contributed by atoms with Gasteiger partial charge >= 0.3 is 0 Å². The van der Waals surface area contributed by atoms with Gasteiger partial charge in [-0.2, -0.15) is 5.26 Å². The molecule has 316 valence electrons. The van der Waals surface area contributed by atoms with E-state index >= 15 is 0 Å². The van der Waals surface area contributed by atoms with Crippen molar-refractivity contribution in [1.29, 1.82) is 5.26 Å². The summed E-state index contributed by atoms with van der Waals surface area (Å²) in [6, 6.07) is 87.0. The molecule has 0 aliphatic carbocycles. The largest absolute Gasteiger partial charge is 0.208 e. The highest BCUT2D eigenvalue weighted by atomic mass is 15.0. The van der Waals surface area contributed by atoms with Crippen LogP contribution in [0.4, 0.5) is 0 Å². The van der Waals surface area contributed by atoms with Gasteiger partial charge in [-0.1, -0.05) is 224 Å². The van der Waals surface area contributed by atoms with E-state index in [1.165, 1.54) is 37.9 Å². The number of fused-ring (bicyclic) bond motifs is 4. The molecule has 1 heterocycles. The molecule has 0 saturated heterocycles. The summed E-state index contributed by atoms with van der Waals surface area (Å²) in [5.41, 5.74) is 13.8. The monoisotopic (exact) mass is 864 g/mol. The minimum Gasteiger partial charge on any atom is -0.208 e. The molecule has 0 aliphatic rings. The van der Waals surface area contributed by atoms with Crippen LogP contribution in [0.2, 0.25) is 0 Å². The van der Waals surface area contributed by atoms with Crippen LogP contribution in [0.5, 0.6) is 0 Å². The highest BCUT2D eigenvalue weighted by molar-refractivity contribution is 6.14. The van der Waals surface area contributed by atoms with E-state index in [2.05, 4.69) is 200 Å². The molecule has 0 bridgehead atoms. The smallest absolute Gasteiger partial charge is 0.164 e. The van der Waals surface area contributed by atoms with E-state index in [1.54, 1.807) is 0 Å². The number of nitriles is 1. The van der Waals surface area contributed by atoms with Crippen molar-refractivity contribution in [2.24, 2.45) is 0 Å². The van der Waals surface area contributed by atoms with Gasteiger partial charge in [-0.05, 0) is 101 Å². The normalized spacial score (nSPS) is 11.2. The molecule has 68 heavy (non-hydrogen) atoms. The van der Waals surface area contributed by atoms with Gasteiger partial charge in [0.2, 0.25) is 0 Å². The highest BCUT2D eigenvalue weighted by Gasteiger charge is 2.18. The quantitative estimate of drug-likeness (QED) is 0.143. The number of hydrogen-bond donors (Lipinski definition) is 0. The average molecular weight is 865 g/mol. The van der Waals surface area contributed by atoms with Crippen molar-refractivity contribution in [3.05, 3.63) is 248 Å². The van der Waals surface area contributed by atoms with Crippen molar-refractivity contribution >= 4 is 32.3 Å². The topological polar surface area (TPSA) is 62.5 Å². The van der Waals surface area contributed by atoms with Crippen molar-refractivity contribution in [3.63, 3.8) is 0 Å². The zero-order valence-electron chi connectivity index (χ0n) is 36.9. The van der Waals surface area contributed by atoms with Crippen LogP contribution in [0.25, 0.3) is 122 Å². The van der Waals surface area contributed by atoms with Gasteiger partial charge in [0.1, 0.15) is 0 Å². The lowest BCUT2D eigenvalue weighted by Crippen LogP contribution is -2.01. The fourth-order valence-electron chi connectivity index (χ4n) is 9.70. The van der Waals surface area contributed by atoms with Crippen LogP contribution in [-0.4, -0.2) is 15.0 Å². The first kappa shape index (κ1) is 40.2. The summed E-state index contributed by atoms with van der Waals surface area (Å²) in [5.74, 6) is 1.78. The Hall–Kier alpha value is -9.30. The third-order valence-corrected chi connectivity index (χ3v) is 13.0. The predicted octanol–water partition coefficient (Wildman–Crippen LogP) is 16.5. The van der Waals surface area contributed by atoms with Crippen LogP contribution in [0.15, 0.2) is 243 Å². The van der Waals surface area contributed by atoms with Crippen LogP contribution < -0.4 is 0 Å². The van der Waals surface area contributed by atoms with E-state index in [9.17, 15) is 5.26 Å². The molecule has 12 aromatic rings. The molecule has 1 aromatic heterocycles. The number of benzene rings is 11. The van der Waals surface area contributed by atoms with E-state index in [4.69, 9.17) is 15.0 Å². The van der Waals surface area contributed by atoms with Crippen LogP contribution in [0, 0.1) is 11.3 Å². The van der Waals surface area contributed by atoms with Crippen LogP contribution in [0.3, 0.4) is 0 Å². The SMILES string of the molecule is N#Cc1cc(-c2ccc(-c3nc(-c4ccccc4)nc(-c4ccccc4-c4cccc5ccccc45)n3)cc2)ccc1-c1ccccc1-c1cccc(-c2cc3ccccc3c3ccccc23)c1. The Kier molecular flexibility index (Phi) is 10.2. The molecule has 0 atom stereocenters. The summed E-state index contributed by atoms with van der Waals surface area (Å²) < 4.78 is 0. The predicted molar refractivity (Wildman–Crippen MR) is 281 cm³/mol. The Morgan fingerprint density at radius 2 is 0.735 bits per heavy atom. The average Bonchev–Trinajstić information content (AvgIpc) is 3.42. The number of nitrogens with zero attached hydrogens (tertiary/aromatic N) is 4. The van der Waals surface area contributed by atoms with Gasteiger partial charge in [-0.15, -0.1) is 0 Å². The van der Waals surface area contributed by atoms with Gasteiger partial charge in [0.25, 0.3) is 0 Å². The molecule has 12 rings (SSSR count). The Bertz CT molecular complexity index is 3920. The summed E-state index contributed by atoms with van der Waals surface area (Å²) in [4.78, 5) is 15.3. The molecule has 0 saturated carbocycles. The zero-order valence-corrected chi connectivity index (χ0v) is 36.9. The lowest BCUT2D eigenvalue weighted by molar-refractivity contribution is 1.07. The van der Waals surface area contributed by atoms with Gasteiger partial charge in [-0.25, -0.2) is 15.0 Å². The third-order valence-electron chi connectivity index (χ3n) is 13.0. The number of rotatable bonds is 8. The maximum atomic E-state index is 10.7.